The molecule has 1 atom stereocenters. The van der Waals surface area contributed by atoms with Crippen molar-refractivity contribution in [1.82, 2.24) is 15.0 Å². The average molecular weight is 247 g/mol. The van der Waals surface area contributed by atoms with Gasteiger partial charge in [-0.2, -0.15) is 0 Å². The standard InChI is InChI=1S/C12H13N3O3/c1-2-18-12(17)11(16)10-8-13-14-15(10)9-6-4-3-5-7-9/h3-8,11,16H,2H2,1H3. The number of benzene rings is 1. The van der Waals surface area contributed by atoms with Crippen molar-refractivity contribution < 1.29 is 14.6 Å². The number of nitrogens with zero attached hydrogens (tertiary/aromatic N) is 3. The molecular formula is C12H13N3O3. The minimum Gasteiger partial charge on any atom is -0.464 e. The van der Waals surface area contributed by atoms with Gasteiger partial charge in [0.25, 0.3) is 0 Å². The minimum absolute atomic E-state index is 0.211. The highest BCUT2D eigenvalue weighted by Gasteiger charge is 2.23. The van der Waals surface area contributed by atoms with Crippen LogP contribution in [0.25, 0.3) is 5.69 Å². The zero-order valence-electron chi connectivity index (χ0n) is 9.85. The van der Waals surface area contributed by atoms with Crippen LogP contribution in [0.15, 0.2) is 36.5 Å². The van der Waals surface area contributed by atoms with Gasteiger partial charge in [-0.15, -0.1) is 5.10 Å². The van der Waals surface area contributed by atoms with Crippen LogP contribution in [0.4, 0.5) is 0 Å². The maximum absolute atomic E-state index is 11.5. The third-order valence-electron chi connectivity index (χ3n) is 2.37. The molecule has 0 spiro atoms. The van der Waals surface area contributed by atoms with E-state index in [0.717, 1.165) is 0 Å². The van der Waals surface area contributed by atoms with Crippen LogP contribution in [-0.4, -0.2) is 32.7 Å². The second-order valence-electron chi connectivity index (χ2n) is 3.56. The first-order valence-electron chi connectivity index (χ1n) is 5.54. The monoisotopic (exact) mass is 247 g/mol. The van der Waals surface area contributed by atoms with Gasteiger partial charge in [0.05, 0.1) is 18.5 Å². The molecule has 1 aromatic heterocycles. The molecule has 0 radical (unpaired) electrons. The molecule has 1 unspecified atom stereocenters. The zero-order chi connectivity index (χ0) is 13.0. The normalized spacial score (nSPS) is 12.1. The number of carbonyl (C=O) groups excluding carboxylic acids is 1. The predicted molar refractivity (Wildman–Crippen MR) is 63.0 cm³/mol. The first-order valence-corrected chi connectivity index (χ1v) is 5.54. The summed E-state index contributed by atoms with van der Waals surface area (Å²) in [6, 6.07) is 9.13. The van der Waals surface area contributed by atoms with Gasteiger partial charge in [-0.3, -0.25) is 0 Å². The minimum atomic E-state index is -1.39. The molecule has 0 fully saturated rings. The average Bonchev–Trinajstić information content (AvgIpc) is 2.88. The van der Waals surface area contributed by atoms with E-state index in [0.29, 0.717) is 5.69 Å². The summed E-state index contributed by atoms with van der Waals surface area (Å²) < 4.78 is 6.16. The van der Waals surface area contributed by atoms with Crippen LogP contribution in [0.2, 0.25) is 0 Å². The number of carbonyl (C=O) groups is 1. The summed E-state index contributed by atoms with van der Waals surface area (Å²) in [6.07, 6.45) is -0.0469. The number of esters is 1. The van der Waals surface area contributed by atoms with Gasteiger partial charge in [-0.1, -0.05) is 23.4 Å². The fourth-order valence-corrected chi connectivity index (χ4v) is 1.54. The largest absolute Gasteiger partial charge is 0.464 e. The van der Waals surface area contributed by atoms with Crippen LogP contribution in [0.3, 0.4) is 0 Å². The van der Waals surface area contributed by atoms with Gasteiger partial charge >= 0.3 is 5.97 Å². The van der Waals surface area contributed by atoms with E-state index in [4.69, 9.17) is 4.74 Å². The van der Waals surface area contributed by atoms with Crippen LogP contribution in [0.5, 0.6) is 0 Å². The molecule has 6 nitrogen and oxygen atoms in total. The first-order chi connectivity index (χ1) is 8.74. The van der Waals surface area contributed by atoms with Crippen molar-refractivity contribution in [1.29, 1.82) is 0 Å². The van der Waals surface area contributed by atoms with Crippen molar-refractivity contribution in [3.63, 3.8) is 0 Å². The molecule has 2 rings (SSSR count). The quantitative estimate of drug-likeness (QED) is 0.811. The van der Waals surface area contributed by atoms with E-state index < -0.39 is 12.1 Å². The van der Waals surface area contributed by atoms with E-state index in [9.17, 15) is 9.90 Å². The maximum atomic E-state index is 11.5. The van der Waals surface area contributed by atoms with Crippen LogP contribution in [0.1, 0.15) is 18.7 Å². The molecule has 0 saturated heterocycles. The van der Waals surface area contributed by atoms with Gasteiger partial charge < -0.3 is 9.84 Å². The lowest BCUT2D eigenvalue weighted by Crippen LogP contribution is -2.18. The molecule has 0 saturated carbocycles. The summed E-state index contributed by atoms with van der Waals surface area (Å²) in [7, 11) is 0. The molecule has 0 amide bonds. The number of aliphatic hydroxyl groups is 1. The van der Waals surface area contributed by atoms with Crippen LogP contribution < -0.4 is 0 Å². The van der Waals surface area contributed by atoms with E-state index in [1.807, 2.05) is 18.2 Å². The van der Waals surface area contributed by atoms with Crippen LogP contribution in [0, 0.1) is 0 Å². The van der Waals surface area contributed by atoms with E-state index in [1.165, 1.54) is 10.9 Å². The lowest BCUT2D eigenvalue weighted by molar-refractivity contribution is -0.153. The highest BCUT2D eigenvalue weighted by Crippen LogP contribution is 2.17. The molecule has 18 heavy (non-hydrogen) atoms. The predicted octanol–water partition coefficient (Wildman–Crippen LogP) is 0.864. The van der Waals surface area contributed by atoms with Crippen LogP contribution >= 0.6 is 0 Å². The Balaban J connectivity index is 2.31. The molecular weight excluding hydrogens is 234 g/mol. The van der Waals surface area contributed by atoms with E-state index in [-0.39, 0.29) is 12.3 Å². The van der Waals surface area contributed by atoms with Gasteiger partial charge in [0.15, 0.2) is 6.10 Å². The number of aliphatic hydroxyl groups excluding tert-OH is 1. The molecule has 94 valence electrons. The Kier molecular flexibility index (Phi) is 3.69. The Morgan fingerprint density at radius 1 is 1.44 bits per heavy atom. The molecule has 0 bridgehead atoms. The summed E-state index contributed by atoms with van der Waals surface area (Å²) in [4.78, 5) is 11.5. The summed E-state index contributed by atoms with van der Waals surface area (Å²) >= 11 is 0. The molecule has 0 aliphatic rings. The SMILES string of the molecule is CCOC(=O)C(O)c1cnnn1-c1ccccc1. The van der Waals surface area contributed by atoms with Gasteiger partial charge in [-0.05, 0) is 19.1 Å². The maximum Gasteiger partial charge on any atom is 0.341 e. The Bertz CT molecular complexity index is 524. The highest BCUT2D eigenvalue weighted by atomic mass is 16.5. The van der Waals surface area contributed by atoms with Crippen molar-refractivity contribution in [3.05, 3.63) is 42.2 Å². The number of aromatic nitrogens is 3. The second kappa shape index (κ2) is 5.42. The number of para-hydroxylation sites is 1. The van der Waals surface area contributed by atoms with Crippen molar-refractivity contribution in [2.24, 2.45) is 0 Å². The third kappa shape index (κ3) is 2.38. The summed E-state index contributed by atoms with van der Waals surface area (Å²) in [5.41, 5.74) is 0.994. The third-order valence-corrected chi connectivity index (χ3v) is 2.37. The van der Waals surface area contributed by atoms with Crippen molar-refractivity contribution in [2.75, 3.05) is 6.61 Å². The van der Waals surface area contributed by atoms with E-state index in [2.05, 4.69) is 10.3 Å². The molecule has 2 aromatic rings. The van der Waals surface area contributed by atoms with Gasteiger partial charge in [0.2, 0.25) is 0 Å². The number of hydrogen-bond donors (Lipinski definition) is 1. The molecule has 0 aliphatic heterocycles. The van der Waals surface area contributed by atoms with Gasteiger partial charge in [0.1, 0.15) is 5.69 Å². The lowest BCUT2D eigenvalue weighted by atomic mass is 10.2. The van der Waals surface area contributed by atoms with Crippen LogP contribution in [-0.2, 0) is 9.53 Å². The zero-order valence-corrected chi connectivity index (χ0v) is 9.85. The van der Waals surface area contributed by atoms with E-state index in [1.54, 1.807) is 19.1 Å². The first kappa shape index (κ1) is 12.3. The molecule has 0 aliphatic carbocycles. The molecule has 1 heterocycles. The smallest absolute Gasteiger partial charge is 0.341 e. The molecule has 1 aromatic carbocycles. The molecule has 6 heteroatoms. The van der Waals surface area contributed by atoms with Crippen molar-refractivity contribution in [3.8, 4) is 5.69 Å². The Morgan fingerprint density at radius 2 is 2.17 bits per heavy atom. The Labute approximate surface area is 104 Å². The lowest BCUT2D eigenvalue weighted by Gasteiger charge is -2.11. The summed E-state index contributed by atoms with van der Waals surface area (Å²) in [6.45, 7) is 1.89. The Morgan fingerprint density at radius 3 is 2.83 bits per heavy atom. The molecule has 1 N–H and O–H groups in total. The van der Waals surface area contributed by atoms with E-state index >= 15 is 0 Å². The number of ether oxygens (including phenoxy) is 1. The summed E-state index contributed by atoms with van der Waals surface area (Å²) in [5.74, 6) is -0.711. The van der Waals surface area contributed by atoms with Gasteiger partial charge in [-0.25, -0.2) is 9.48 Å². The number of rotatable bonds is 4. The fraction of sp³-hybridized carbons (Fsp3) is 0.250. The number of hydrogen-bond acceptors (Lipinski definition) is 5. The van der Waals surface area contributed by atoms with Crippen molar-refractivity contribution in [2.45, 2.75) is 13.0 Å². The second-order valence-corrected chi connectivity index (χ2v) is 3.56. The Hall–Kier alpha value is -2.21. The topological polar surface area (TPSA) is 77.2 Å². The van der Waals surface area contributed by atoms with Crippen molar-refractivity contribution >= 4 is 5.97 Å². The van der Waals surface area contributed by atoms with Gasteiger partial charge in [0, 0.05) is 0 Å². The summed E-state index contributed by atoms with van der Waals surface area (Å²) in [5, 5.41) is 17.4. The highest BCUT2D eigenvalue weighted by molar-refractivity contribution is 5.75. The fourth-order valence-electron chi connectivity index (χ4n) is 1.54.